The lowest BCUT2D eigenvalue weighted by Crippen LogP contribution is -2.23. The summed E-state index contributed by atoms with van der Waals surface area (Å²) in [5.41, 5.74) is 1.13. The van der Waals surface area contributed by atoms with Crippen LogP contribution in [0.5, 0.6) is 0 Å². The second-order valence-electron chi connectivity index (χ2n) is 4.55. The molecule has 0 aliphatic rings. The Balaban J connectivity index is 1.91. The first kappa shape index (κ1) is 16.7. The maximum Gasteiger partial charge on any atom is 0.323 e. The number of carbonyl (C=O) groups is 1. The third-order valence-electron chi connectivity index (χ3n) is 2.80. The summed E-state index contributed by atoms with van der Waals surface area (Å²) < 4.78 is 35.0. The smallest absolute Gasteiger partial charge is 0.314 e. The number of nitrogens with one attached hydrogen (secondary N) is 2. The summed E-state index contributed by atoms with van der Waals surface area (Å²) in [7, 11) is -3.76. The van der Waals surface area contributed by atoms with E-state index in [1.54, 1.807) is 18.2 Å². The second kappa shape index (κ2) is 7.03. The molecule has 0 saturated heterocycles. The zero-order chi connectivity index (χ0) is 16.9. The van der Waals surface area contributed by atoms with Crippen LogP contribution in [0.4, 0.5) is 14.9 Å². The van der Waals surface area contributed by atoms with Crippen LogP contribution in [-0.2, 0) is 10.0 Å². The molecule has 23 heavy (non-hydrogen) atoms. The number of carbonyl (C=O) groups excluding carboxylic acids is 1. The molecule has 0 saturated carbocycles. The maximum atomic E-state index is 12.7. The van der Waals surface area contributed by atoms with Crippen molar-refractivity contribution in [1.82, 2.24) is 5.32 Å². The Kier molecular flexibility index (Phi) is 5.09. The minimum Gasteiger partial charge on any atom is -0.314 e. The number of nitrogens with two attached hydrogens (primary N) is 1. The number of anilines is 1. The molecule has 0 bridgehead atoms. The molecule has 2 aromatic carbocycles. The van der Waals surface area contributed by atoms with Crippen LogP contribution in [0.3, 0.4) is 0 Å². The summed E-state index contributed by atoms with van der Waals surface area (Å²) in [6.07, 6.45) is 3.00. The van der Waals surface area contributed by atoms with Gasteiger partial charge in [0.15, 0.2) is 0 Å². The molecule has 0 radical (unpaired) electrons. The van der Waals surface area contributed by atoms with Crippen LogP contribution in [0.15, 0.2) is 59.6 Å². The van der Waals surface area contributed by atoms with Gasteiger partial charge in [0.25, 0.3) is 0 Å². The van der Waals surface area contributed by atoms with Crippen LogP contribution < -0.4 is 15.8 Å². The van der Waals surface area contributed by atoms with E-state index in [0.717, 1.165) is 5.56 Å². The third kappa shape index (κ3) is 5.20. The first-order valence-electron chi connectivity index (χ1n) is 6.47. The van der Waals surface area contributed by atoms with Gasteiger partial charge in [-0.25, -0.2) is 22.7 Å². The third-order valence-corrected chi connectivity index (χ3v) is 3.73. The van der Waals surface area contributed by atoms with Crippen molar-refractivity contribution in [2.24, 2.45) is 5.14 Å². The van der Waals surface area contributed by atoms with Crippen molar-refractivity contribution in [2.75, 3.05) is 5.32 Å². The van der Waals surface area contributed by atoms with Crippen molar-refractivity contribution in [2.45, 2.75) is 4.90 Å². The van der Waals surface area contributed by atoms with Gasteiger partial charge in [0.1, 0.15) is 5.82 Å². The minimum absolute atomic E-state index is 0.0420. The molecule has 2 aromatic rings. The number of rotatable bonds is 4. The predicted molar refractivity (Wildman–Crippen MR) is 85.4 cm³/mol. The van der Waals surface area contributed by atoms with E-state index < -0.39 is 16.1 Å². The van der Waals surface area contributed by atoms with E-state index in [-0.39, 0.29) is 10.7 Å². The summed E-state index contributed by atoms with van der Waals surface area (Å²) in [5, 5.41) is 9.97. The maximum absolute atomic E-state index is 12.7. The summed E-state index contributed by atoms with van der Waals surface area (Å²) >= 11 is 0. The number of hydrogen-bond acceptors (Lipinski definition) is 3. The van der Waals surface area contributed by atoms with E-state index in [0.29, 0.717) is 5.69 Å². The van der Waals surface area contributed by atoms with Crippen molar-refractivity contribution < 1.29 is 17.6 Å². The Morgan fingerprint density at radius 1 is 1.04 bits per heavy atom. The summed E-state index contributed by atoms with van der Waals surface area (Å²) in [5.74, 6) is -0.337. The fourth-order valence-corrected chi connectivity index (χ4v) is 2.20. The normalized spacial score (nSPS) is 11.4. The average molecular weight is 335 g/mol. The van der Waals surface area contributed by atoms with Gasteiger partial charge in [0.05, 0.1) is 4.90 Å². The highest BCUT2D eigenvalue weighted by Crippen LogP contribution is 2.12. The molecule has 0 aromatic heterocycles. The van der Waals surface area contributed by atoms with E-state index in [9.17, 15) is 17.6 Å². The molecule has 6 nitrogen and oxygen atoms in total. The lowest BCUT2D eigenvalue weighted by atomic mass is 10.2. The lowest BCUT2D eigenvalue weighted by molar-refractivity contribution is 0.255. The number of halogens is 1. The van der Waals surface area contributed by atoms with Gasteiger partial charge >= 0.3 is 6.03 Å². The largest absolute Gasteiger partial charge is 0.323 e. The monoisotopic (exact) mass is 335 g/mol. The number of primary sulfonamides is 1. The zero-order valence-electron chi connectivity index (χ0n) is 11.9. The minimum atomic E-state index is -3.76. The average Bonchev–Trinajstić information content (AvgIpc) is 2.49. The SMILES string of the molecule is NS(=O)(=O)c1ccc(NC(=O)N/C=C/c2ccc(F)cc2)cc1. The molecule has 2 amide bonds. The topological polar surface area (TPSA) is 101 Å². The van der Waals surface area contributed by atoms with E-state index in [1.165, 1.54) is 42.6 Å². The standard InChI is InChI=1S/C15H14FN3O3S/c16-12-3-1-11(2-4-12)9-10-18-15(20)19-13-5-7-14(8-6-13)23(17,21)22/h1-10H,(H2,17,21,22)(H2,18,19,20)/b10-9+. The fourth-order valence-electron chi connectivity index (χ4n) is 1.68. The van der Waals surface area contributed by atoms with Crippen LogP contribution in [0.1, 0.15) is 5.56 Å². The van der Waals surface area contributed by atoms with Crippen LogP contribution in [0.2, 0.25) is 0 Å². The van der Waals surface area contributed by atoms with Gasteiger partial charge in [-0.1, -0.05) is 12.1 Å². The summed E-state index contributed by atoms with van der Waals surface area (Å²) in [4.78, 5) is 11.6. The van der Waals surface area contributed by atoms with Gasteiger partial charge in [-0.2, -0.15) is 0 Å². The van der Waals surface area contributed by atoms with E-state index in [1.807, 2.05) is 0 Å². The Morgan fingerprint density at radius 3 is 2.22 bits per heavy atom. The molecule has 120 valence electrons. The van der Waals surface area contributed by atoms with Crippen LogP contribution in [-0.4, -0.2) is 14.4 Å². The zero-order valence-corrected chi connectivity index (χ0v) is 12.7. The Bertz CT molecular complexity index is 816. The molecule has 0 heterocycles. The van der Waals surface area contributed by atoms with Crippen LogP contribution in [0, 0.1) is 5.82 Å². The highest BCUT2D eigenvalue weighted by Gasteiger charge is 2.07. The number of benzene rings is 2. The Hall–Kier alpha value is -2.71. The van der Waals surface area contributed by atoms with Crippen molar-refractivity contribution >= 4 is 27.8 Å². The van der Waals surface area contributed by atoms with Gasteiger partial charge < -0.3 is 10.6 Å². The molecule has 4 N–H and O–H groups in total. The van der Waals surface area contributed by atoms with Crippen molar-refractivity contribution in [3.05, 3.63) is 66.1 Å². The molecule has 2 rings (SSSR count). The molecule has 0 fully saturated rings. The highest BCUT2D eigenvalue weighted by molar-refractivity contribution is 7.89. The molecule has 0 unspecified atom stereocenters. The molecule has 0 aliphatic heterocycles. The molecular formula is C15H14FN3O3S. The first-order valence-corrected chi connectivity index (χ1v) is 8.02. The van der Waals surface area contributed by atoms with E-state index in [2.05, 4.69) is 10.6 Å². The van der Waals surface area contributed by atoms with Gasteiger partial charge in [0.2, 0.25) is 10.0 Å². The number of amides is 2. The molecule has 8 heteroatoms. The highest BCUT2D eigenvalue weighted by atomic mass is 32.2. The van der Waals surface area contributed by atoms with Crippen LogP contribution in [0.25, 0.3) is 6.08 Å². The summed E-state index contributed by atoms with van der Waals surface area (Å²) in [6.45, 7) is 0. The van der Waals surface area contributed by atoms with E-state index >= 15 is 0 Å². The number of hydrogen-bond donors (Lipinski definition) is 3. The predicted octanol–water partition coefficient (Wildman–Crippen LogP) is 2.27. The molecule has 0 spiro atoms. The van der Waals surface area contributed by atoms with Crippen molar-refractivity contribution in [1.29, 1.82) is 0 Å². The number of urea groups is 1. The molecular weight excluding hydrogens is 321 g/mol. The Morgan fingerprint density at radius 2 is 1.65 bits per heavy atom. The van der Waals surface area contributed by atoms with Crippen molar-refractivity contribution in [3.8, 4) is 0 Å². The second-order valence-corrected chi connectivity index (χ2v) is 6.11. The number of sulfonamides is 1. The fraction of sp³-hybridized carbons (Fsp3) is 0. The quantitative estimate of drug-likeness (QED) is 0.799. The van der Waals surface area contributed by atoms with Gasteiger partial charge in [-0.05, 0) is 48.0 Å². The lowest BCUT2D eigenvalue weighted by Gasteiger charge is -2.05. The van der Waals surface area contributed by atoms with E-state index in [4.69, 9.17) is 5.14 Å². The van der Waals surface area contributed by atoms with Gasteiger partial charge in [-0.15, -0.1) is 0 Å². The molecule has 0 aliphatic carbocycles. The first-order chi connectivity index (χ1) is 10.8. The summed E-state index contributed by atoms with van der Waals surface area (Å²) in [6, 6.07) is 10.7. The Labute approximate surface area is 132 Å². The van der Waals surface area contributed by atoms with Crippen LogP contribution >= 0.6 is 0 Å². The van der Waals surface area contributed by atoms with Gasteiger partial charge in [-0.3, -0.25) is 0 Å². The van der Waals surface area contributed by atoms with Crippen molar-refractivity contribution in [3.63, 3.8) is 0 Å². The van der Waals surface area contributed by atoms with Gasteiger partial charge in [0, 0.05) is 11.9 Å². The molecule has 0 atom stereocenters.